The van der Waals surface area contributed by atoms with Gasteiger partial charge in [0, 0.05) is 106 Å². The lowest BCUT2D eigenvalue weighted by Gasteiger charge is -2.26. The van der Waals surface area contributed by atoms with E-state index in [0.717, 1.165) is 6.92 Å². The van der Waals surface area contributed by atoms with E-state index in [4.69, 9.17) is 10.8 Å². The van der Waals surface area contributed by atoms with Crippen LogP contribution in [0.2, 0.25) is 0 Å². The summed E-state index contributed by atoms with van der Waals surface area (Å²) in [6.07, 6.45) is -35.0. The number of aliphatic hydroxyl groups excluding tert-OH is 15. The summed E-state index contributed by atoms with van der Waals surface area (Å²) in [4.78, 5) is 201. The van der Waals surface area contributed by atoms with Crippen LogP contribution in [0.3, 0.4) is 0 Å². The second kappa shape index (κ2) is 47.4. The van der Waals surface area contributed by atoms with E-state index >= 15 is 0 Å². The Bertz CT molecular complexity index is 3650. The number of nitrogens with zero attached hydrogens (tertiary/aromatic N) is 3. The highest BCUT2D eigenvalue weighted by molar-refractivity contribution is 5.98. The number of aliphatic carboxylic acids is 3. The number of nitrogen functional groups attached to an aromatic ring is 1. The fourth-order valence-corrected chi connectivity index (χ4v) is 10.7. The quantitative estimate of drug-likeness (QED) is 0.0250. The summed E-state index contributed by atoms with van der Waals surface area (Å²) in [5, 5.41) is 195. The summed E-state index contributed by atoms with van der Waals surface area (Å²) in [7, 11) is 0. The Morgan fingerprint density at radius 1 is 0.473 bits per heavy atom. The second-order valence-electron chi connectivity index (χ2n) is 26.0. The van der Waals surface area contributed by atoms with Crippen LogP contribution in [-0.4, -0.2) is 319 Å². The van der Waals surface area contributed by atoms with Crippen LogP contribution < -0.4 is 48.5 Å². The van der Waals surface area contributed by atoms with Crippen molar-refractivity contribution in [2.75, 3.05) is 50.5 Å². The van der Waals surface area contributed by atoms with E-state index in [9.17, 15) is 154 Å². The number of carbonyl (C=O) groups is 13. The number of hydrogen-bond donors (Lipinski definition) is 27. The maximum Gasteiger partial charge on any atom is 0.326 e. The van der Waals surface area contributed by atoms with Gasteiger partial charge in [-0.2, -0.15) is 4.98 Å². The van der Waals surface area contributed by atoms with Crippen LogP contribution in [0.1, 0.15) is 119 Å². The molecule has 2 aromatic heterocycles. The molecule has 0 radical (unpaired) electrons. The van der Waals surface area contributed by atoms with Gasteiger partial charge in [0.05, 0.1) is 68.7 Å². The number of rotatable bonds is 55. The van der Waals surface area contributed by atoms with Crippen molar-refractivity contribution in [2.45, 2.75) is 201 Å². The smallest absolute Gasteiger partial charge is 0.326 e. The van der Waals surface area contributed by atoms with Crippen LogP contribution in [0, 0.1) is 17.8 Å². The highest BCUT2D eigenvalue weighted by Gasteiger charge is 2.37. The lowest BCUT2D eigenvalue weighted by Crippen LogP contribution is -2.50. The molecule has 3 aromatic rings. The number of aromatic amines is 1. The summed E-state index contributed by atoms with van der Waals surface area (Å²) < 4.78 is 0. The molecule has 1 aromatic carbocycles. The molecule has 614 valence electrons. The number of H-pyrrole nitrogens is 1. The van der Waals surface area contributed by atoms with Gasteiger partial charge in [-0.1, -0.05) is 0 Å². The average Bonchev–Trinajstić information content (AvgIpc) is 0.811. The number of benzene rings is 1. The Kier molecular flexibility index (Phi) is 40.8. The molecule has 0 unspecified atom stereocenters. The van der Waals surface area contributed by atoms with E-state index < -0.39 is 327 Å². The largest absolute Gasteiger partial charge is 0.481 e. The first-order valence-corrected chi connectivity index (χ1v) is 34.5. The number of aliphatic hydroxyl groups is 15. The Morgan fingerprint density at radius 2 is 0.864 bits per heavy atom. The SMILES string of the molecule is CC(=O)[C@H](CCC(=O)O)CC(=O)[C@H](CCC(=O)NC[C@H](O)[C@@H](O)[C@H](O)[C@H](O)CO)NC(=O)[C@H](CCC(=O)NC[C@H](O)[C@@H](O)[C@H](O)[C@H](O)CO)CC(=O)[C@H](CCC(=O)O)NC(=O)[C@H](CCC(=O)NC[C@H](O)[C@@H](O)[C@H](O)[C@H](O)CO)CC(=O)CC[C@H](NC(=O)c1ccc(NCc2cnc3nc(N)[nH]c(=O)c3n2)cc1)C(=O)O. The Labute approximate surface area is 625 Å². The number of hydrogen-bond acceptors (Lipinski definition) is 34. The fourth-order valence-electron chi connectivity index (χ4n) is 10.7. The molecular formula is C66H98N12O32. The van der Waals surface area contributed by atoms with E-state index in [1.165, 1.54) is 30.5 Å². The van der Waals surface area contributed by atoms with Gasteiger partial charge in [-0.15, -0.1) is 0 Å². The molecule has 0 aliphatic carbocycles. The van der Waals surface area contributed by atoms with Gasteiger partial charge >= 0.3 is 17.9 Å². The van der Waals surface area contributed by atoms with E-state index in [1.54, 1.807) is 0 Å². The first-order chi connectivity index (χ1) is 51.7. The van der Waals surface area contributed by atoms with Crippen LogP contribution in [0.25, 0.3) is 11.2 Å². The number of anilines is 2. The monoisotopic (exact) mass is 1570 g/mol. The maximum atomic E-state index is 14.7. The minimum absolute atomic E-state index is 0.00359. The summed E-state index contributed by atoms with van der Waals surface area (Å²) >= 11 is 0. The van der Waals surface area contributed by atoms with Gasteiger partial charge in [-0.25, -0.2) is 14.8 Å². The summed E-state index contributed by atoms with van der Waals surface area (Å²) in [5.41, 5.74) is 5.48. The molecular weight excluding hydrogens is 1470 g/mol. The topological polar surface area (TPSA) is 768 Å². The zero-order chi connectivity index (χ0) is 82.8. The van der Waals surface area contributed by atoms with Crippen molar-refractivity contribution in [1.29, 1.82) is 0 Å². The first-order valence-electron chi connectivity index (χ1n) is 34.5. The number of carboxylic acids is 3. The van der Waals surface area contributed by atoms with Gasteiger partial charge in [0.2, 0.25) is 35.5 Å². The minimum atomic E-state index is -2.19. The lowest BCUT2D eigenvalue weighted by atomic mass is 9.88. The Hall–Kier alpha value is -9.65. The molecule has 0 fully saturated rings. The molecule has 6 amide bonds. The highest BCUT2D eigenvalue weighted by atomic mass is 16.4. The van der Waals surface area contributed by atoms with Gasteiger partial charge in [0.15, 0.2) is 22.7 Å². The number of carboxylic acid groups (broad SMARTS) is 3. The number of aromatic nitrogens is 4. The molecule has 3 rings (SSSR count). The van der Waals surface area contributed by atoms with Crippen LogP contribution >= 0.6 is 0 Å². The predicted molar refractivity (Wildman–Crippen MR) is 372 cm³/mol. The zero-order valence-corrected chi connectivity index (χ0v) is 59.5. The van der Waals surface area contributed by atoms with E-state index in [0.29, 0.717) is 11.4 Å². The predicted octanol–water partition coefficient (Wildman–Crippen LogP) is -10.1. The molecule has 0 bridgehead atoms. The van der Waals surface area contributed by atoms with Crippen molar-refractivity contribution in [3.05, 3.63) is 52.1 Å². The van der Waals surface area contributed by atoms with Gasteiger partial charge in [-0.05, 0) is 69.7 Å². The van der Waals surface area contributed by atoms with Gasteiger partial charge in [0.25, 0.3) is 11.5 Å². The van der Waals surface area contributed by atoms with Crippen LogP contribution in [0.5, 0.6) is 0 Å². The number of fused-ring (bicyclic) bond motifs is 1. The molecule has 18 atom stereocenters. The molecule has 44 heteroatoms. The number of nitrogens with one attached hydrogen (secondary N) is 8. The standard InChI is InChI=1S/C66H98N12O32/c1-29(82)31(6-16-51(95)96)19-40(84)37(11-15-50(94)71-25-44(88)56(101)59(104)47(91)28-81)74-63(107)33(5-14-49(93)70-24-43(87)55(100)58(103)46(90)27-80)20-41(85)38(12-17-52(97)98)75-62(106)32(4-13-48(92)69-23-42(86)54(99)57(102)45(89)26-79)18-36(83)9-10-39(65(109)110)76-61(105)30-2-7-34(8-3-30)68-21-35-22-72-60-53(73-35)64(108)78-66(67)77-60/h2-3,7-8,22,31-33,37-39,42-47,54-59,68,79-81,86-91,99-104H,4-6,9-21,23-28H2,1H3,(H,69,92)(H,70,93)(H,71,94)(H,74,107)(H,75,106)(H,76,105)(H,95,96)(H,97,98)(H,109,110)(H3,67,72,77,78,108)/t31-,32-,33-,37+,38+,39+,42+,43+,44+,45-,46-,47-,54-,55-,56-,57-,58-,59-/m1/s1. The van der Waals surface area contributed by atoms with Crippen LogP contribution in [-0.2, 0) is 64.1 Å². The molecule has 28 N–H and O–H groups in total. The maximum absolute atomic E-state index is 14.7. The third-order valence-electron chi connectivity index (χ3n) is 17.5. The molecule has 0 saturated carbocycles. The fraction of sp³-hybridized carbons (Fsp3) is 0.621. The average molecular weight is 1570 g/mol. The molecule has 0 aliphatic heterocycles. The molecule has 44 nitrogen and oxygen atoms in total. The third-order valence-corrected chi connectivity index (χ3v) is 17.5. The van der Waals surface area contributed by atoms with Crippen molar-refractivity contribution >= 4 is 99.3 Å². The van der Waals surface area contributed by atoms with E-state index in [2.05, 4.69) is 57.2 Å². The Morgan fingerprint density at radius 3 is 1.29 bits per heavy atom. The highest BCUT2D eigenvalue weighted by Crippen LogP contribution is 2.23. The minimum Gasteiger partial charge on any atom is -0.481 e. The summed E-state index contributed by atoms with van der Waals surface area (Å²) in [5.74, 6) is -20.3. The summed E-state index contributed by atoms with van der Waals surface area (Å²) in [6.45, 7) is -4.72. The molecule has 2 heterocycles. The van der Waals surface area contributed by atoms with Crippen molar-refractivity contribution in [1.82, 2.24) is 51.8 Å². The van der Waals surface area contributed by atoms with E-state index in [-0.39, 0.29) is 29.2 Å². The number of carbonyl (C=O) groups excluding carboxylic acids is 10. The van der Waals surface area contributed by atoms with E-state index in [1.807, 2.05) is 0 Å². The molecule has 0 spiro atoms. The van der Waals surface area contributed by atoms with Gasteiger partial charge in [0.1, 0.15) is 72.5 Å². The zero-order valence-electron chi connectivity index (χ0n) is 59.5. The van der Waals surface area contributed by atoms with Gasteiger partial charge < -0.3 is 135 Å². The van der Waals surface area contributed by atoms with Crippen LogP contribution in [0.15, 0.2) is 35.3 Å². The normalized spacial score (nSPS) is 16.4. The molecule has 0 aliphatic rings. The summed E-state index contributed by atoms with van der Waals surface area (Å²) in [6, 6.07) is -0.177. The second-order valence-corrected chi connectivity index (χ2v) is 26.0. The van der Waals surface area contributed by atoms with Crippen molar-refractivity contribution in [3.8, 4) is 0 Å². The number of amides is 6. The van der Waals surface area contributed by atoms with Crippen molar-refractivity contribution in [3.63, 3.8) is 0 Å². The van der Waals surface area contributed by atoms with Crippen molar-refractivity contribution < 1.29 is 154 Å². The van der Waals surface area contributed by atoms with Crippen LogP contribution in [0.4, 0.5) is 11.6 Å². The Balaban J connectivity index is 2.03. The third kappa shape index (κ3) is 32.5. The van der Waals surface area contributed by atoms with Gasteiger partial charge in [-0.3, -0.25) is 67.3 Å². The first kappa shape index (κ1) is 94.6. The number of ketones is 4. The number of nitrogens with two attached hydrogens (primary N) is 1. The lowest BCUT2D eigenvalue weighted by molar-refractivity contribution is -0.140. The number of Topliss-reactive ketones (excluding diaryl/α,β-unsaturated/α-hetero) is 4. The molecule has 0 saturated heterocycles. The van der Waals surface area contributed by atoms with Crippen molar-refractivity contribution in [2.24, 2.45) is 17.8 Å². The molecule has 110 heavy (non-hydrogen) atoms.